The molecule has 1 aliphatic rings. The molecule has 2 heterocycles. The number of likely N-dealkylation sites (tertiary alicyclic amines) is 1. The van der Waals surface area contributed by atoms with E-state index in [1.165, 1.54) is 16.9 Å². The molecule has 1 aliphatic heterocycles. The first-order valence-corrected chi connectivity index (χ1v) is 10.1. The molecule has 4 nitrogen and oxygen atoms in total. The van der Waals surface area contributed by atoms with Gasteiger partial charge in [0.2, 0.25) is 0 Å². The number of halogens is 2. The molecule has 0 unspecified atom stereocenters. The third-order valence-corrected chi connectivity index (χ3v) is 6.46. The van der Waals surface area contributed by atoms with E-state index in [-0.39, 0.29) is 36.6 Å². The Kier molecular flexibility index (Phi) is 8.23. The van der Waals surface area contributed by atoms with Gasteiger partial charge in [-0.15, -0.1) is 36.2 Å². The summed E-state index contributed by atoms with van der Waals surface area (Å²) in [5.74, 6) is 0.657. The molecule has 3 aromatic rings. The second-order valence-electron chi connectivity index (χ2n) is 7.02. The van der Waals surface area contributed by atoms with E-state index in [1.807, 2.05) is 60.4 Å². The molecule has 2 N–H and O–H groups in total. The minimum Gasteiger partial charge on any atom is -0.337 e. The van der Waals surface area contributed by atoms with Gasteiger partial charge in [-0.25, -0.2) is 4.98 Å². The van der Waals surface area contributed by atoms with Crippen LogP contribution in [0.2, 0.25) is 0 Å². The van der Waals surface area contributed by atoms with Gasteiger partial charge in [0.1, 0.15) is 9.88 Å². The number of benzene rings is 2. The lowest BCUT2D eigenvalue weighted by atomic mass is 9.89. The molecule has 29 heavy (non-hydrogen) atoms. The summed E-state index contributed by atoms with van der Waals surface area (Å²) in [4.78, 5) is 20.5. The highest BCUT2D eigenvalue weighted by molar-refractivity contribution is 7.17. The van der Waals surface area contributed by atoms with Gasteiger partial charge in [-0.2, -0.15) is 0 Å². The van der Waals surface area contributed by atoms with Gasteiger partial charge in [0.15, 0.2) is 0 Å². The van der Waals surface area contributed by atoms with Crippen LogP contribution in [0.5, 0.6) is 0 Å². The van der Waals surface area contributed by atoms with Crippen LogP contribution in [0.1, 0.15) is 26.8 Å². The third-order valence-electron chi connectivity index (χ3n) is 5.27. The number of rotatable bonds is 4. The molecule has 0 aliphatic carbocycles. The Balaban J connectivity index is 0.00000150. The van der Waals surface area contributed by atoms with E-state index in [2.05, 4.69) is 17.1 Å². The van der Waals surface area contributed by atoms with Crippen molar-refractivity contribution in [3.63, 3.8) is 0 Å². The zero-order valence-corrected chi connectivity index (χ0v) is 18.6. The number of hydrogen-bond donors (Lipinski definition) is 1. The van der Waals surface area contributed by atoms with Crippen LogP contribution in [0.25, 0.3) is 10.6 Å². The average Bonchev–Trinajstić information content (AvgIpc) is 3.33. The molecule has 2 atom stereocenters. The highest BCUT2D eigenvalue weighted by Crippen LogP contribution is 2.35. The van der Waals surface area contributed by atoms with Crippen LogP contribution in [0.15, 0.2) is 60.7 Å². The van der Waals surface area contributed by atoms with Gasteiger partial charge >= 0.3 is 0 Å². The number of thiazole rings is 1. The van der Waals surface area contributed by atoms with E-state index in [0.29, 0.717) is 25.6 Å². The maximum atomic E-state index is 13.2. The number of aromatic nitrogens is 1. The number of carbonyl (C=O) groups is 1. The predicted octanol–water partition coefficient (Wildman–Crippen LogP) is 4.78. The zero-order valence-electron chi connectivity index (χ0n) is 16.2. The number of nitrogens with two attached hydrogens (primary N) is 1. The van der Waals surface area contributed by atoms with Crippen LogP contribution in [0.4, 0.5) is 0 Å². The minimum absolute atomic E-state index is 0. The first kappa shape index (κ1) is 23.4. The van der Waals surface area contributed by atoms with Crippen molar-refractivity contribution >= 4 is 42.1 Å². The molecule has 1 saturated heterocycles. The minimum atomic E-state index is 0. The smallest absolute Gasteiger partial charge is 0.265 e. The Morgan fingerprint density at radius 3 is 2.31 bits per heavy atom. The molecule has 1 amide bonds. The highest BCUT2D eigenvalue weighted by atomic mass is 35.5. The summed E-state index contributed by atoms with van der Waals surface area (Å²) in [7, 11) is 0. The molecule has 1 fully saturated rings. The number of nitrogens with zero attached hydrogens (tertiary/aromatic N) is 2. The van der Waals surface area contributed by atoms with Crippen LogP contribution in [0.3, 0.4) is 0 Å². The summed E-state index contributed by atoms with van der Waals surface area (Å²) in [6, 6.07) is 20.4. The first-order chi connectivity index (χ1) is 13.2. The molecule has 0 spiro atoms. The Hall–Kier alpha value is -1.92. The van der Waals surface area contributed by atoms with Crippen LogP contribution in [-0.2, 0) is 0 Å². The molecule has 0 radical (unpaired) electrons. The highest BCUT2D eigenvalue weighted by Gasteiger charge is 2.36. The molecule has 2 aromatic carbocycles. The van der Waals surface area contributed by atoms with Crippen LogP contribution < -0.4 is 5.73 Å². The Labute approximate surface area is 188 Å². The van der Waals surface area contributed by atoms with Crippen molar-refractivity contribution in [2.24, 2.45) is 11.7 Å². The van der Waals surface area contributed by atoms with Crippen molar-refractivity contribution in [2.75, 3.05) is 19.6 Å². The normalized spacial score (nSPS) is 18.1. The summed E-state index contributed by atoms with van der Waals surface area (Å²) in [5, 5.41) is 0.894. The summed E-state index contributed by atoms with van der Waals surface area (Å²) in [5.41, 5.74) is 9.13. The Morgan fingerprint density at radius 1 is 1.07 bits per heavy atom. The van der Waals surface area contributed by atoms with Gasteiger partial charge in [-0.1, -0.05) is 60.7 Å². The summed E-state index contributed by atoms with van der Waals surface area (Å²) in [6.45, 7) is 3.91. The van der Waals surface area contributed by atoms with E-state index in [1.54, 1.807) is 0 Å². The van der Waals surface area contributed by atoms with Crippen molar-refractivity contribution in [3.8, 4) is 10.6 Å². The lowest BCUT2D eigenvalue weighted by molar-refractivity contribution is 0.0790. The SMILES string of the molecule is Cc1nc(-c2ccccc2)sc1C(=O)N1C[C@@H](CN)[C@H](c2ccccc2)C1.Cl.Cl. The van der Waals surface area contributed by atoms with Crippen molar-refractivity contribution in [1.82, 2.24) is 9.88 Å². The largest absolute Gasteiger partial charge is 0.337 e. The molecular formula is C22H25Cl2N3OS. The van der Waals surface area contributed by atoms with Gasteiger partial charge in [0.05, 0.1) is 5.69 Å². The molecule has 0 saturated carbocycles. The molecule has 0 bridgehead atoms. The summed E-state index contributed by atoms with van der Waals surface area (Å²) < 4.78 is 0. The van der Waals surface area contributed by atoms with E-state index in [4.69, 9.17) is 5.73 Å². The molecule has 7 heteroatoms. The van der Waals surface area contributed by atoms with Crippen molar-refractivity contribution < 1.29 is 4.79 Å². The second kappa shape index (κ2) is 10.2. The fourth-order valence-electron chi connectivity index (χ4n) is 3.80. The predicted molar refractivity (Wildman–Crippen MR) is 124 cm³/mol. The van der Waals surface area contributed by atoms with Crippen molar-refractivity contribution in [2.45, 2.75) is 12.8 Å². The van der Waals surface area contributed by atoms with Gasteiger partial charge in [-0.3, -0.25) is 4.79 Å². The summed E-state index contributed by atoms with van der Waals surface area (Å²) in [6.07, 6.45) is 0. The lowest BCUT2D eigenvalue weighted by Crippen LogP contribution is -2.29. The van der Waals surface area contributed by atoms with E-state index < -0.39 is 0 Å². The van der Waals surface area contributed by atoms with Crippen molar-refractivity contribution in [1.29, 1.82) is 0 Å². The number of hydrogen-bond acceptors (Lipinski definition) is 4. The molecular weight excluding hydrogens is 425 g/mol. The second-order valence-corrected chi connectivity index (χ2v) is 8.02. The van der Waals surface area contributed by atoms with Gasteiger partial charge < -0.3 is 10.6 Å². The molecule has 154 valence electrons. The van der Waals surface area contributed by atoms with Gasteiger partial charge in [-0.05, 0) is 24.9 Å². The lowest BCUT2D eigenvalue weighted by Gasteiger charge is -2.16. The Bertz CT molecular complexity index is 934. The van der Waals surface area contributed by atoms with Gasteiger partial charge in [0, 0.05) is 24.6 Å². The third kappa shape index (κ3) is 4.81. The van der Waals surface area contributed by atoms with E-state index >= 15 is 0 Å². The average molecular weight is 450 g/mol. The Morgan fingerprint density at radius 2 is 1.69 bits per heavy atom. The van der Waals surface area contributed by atoms with Crippen molar-refractivity contribution in [3.05, 3.63) is 76.8 Å². The monoisotopic (exact) mass is 449 g/mol. The first-order valence-electron chi connectivity index (χ1n) is 9.24. The number of carbonyl (C=O) groups excluding carboxylic acids is 1. The zero-order chi connectivity index (χ0) is 18.8. The van der Waals surface area contributed by atoms with E-state index in [0.717, 1.165) is 21.1 Å². The van der Waals surface area contributed by atoms with Crippen LogP contribution in [-0.4, -0.2) is 35.4 Å². The van der Waals surface area contributed by atoms with Crippen LogP contribution >= 0.6 is 36.2 Å². The van der Waals surface area contributed by atoms with Gasteiger partial charge in [0.25, 0.3) is 5.91 Å². The molecule has 1 aromatic heterocycles. The fourth-order valence-corrected chi connectivity index (χ4v) is 4.84. The quantitative estimate of drug-likeness (QED) is 0.623. The van der Waals surface area contributed by atoms with E-state index in [9.17, 15) is 4.79 Å². The number of amides is 1. The standard InChI is InChI=1S/C22H23N3OS.2ClH/c1-15-20(27-21(24-15)17-10-6-3-7-11-17)22(26)25-13-18(12-23)19(14-25)16-8-4-2-5-9-16;;/h2-11,18-19H,12-14,23H2,1H3;2*1H/t18-,19+;;/m1../s1. The topological polar surface area (TPSA) is 59.2 Å². The summed E-state index contributed by atoms with van der Waals surface area (Å²) >= 11 is 1.48. The molecule has 4 rings (SSSR count). The fraction of sp³-hybridized carbons (Fsp3) is 0.273. The maximum Gasteiger partial charge on any atom is 0.265 e. The number of aryl methyl sites for hydroxylation is 1. The van der Waals surface area contributed by atoms with Crippen LogP contribution in [0, 0.1) is 12.8 Å². The maximum absolute atomic E-state index is 13.2.